The van der Waals surface area contributed by atoms with E-state index in [4.69, 9.17) is 0 Å². The van der Waals surface area contributed by atoms with Crippen LogP contribution in [0, 0.1) is 12.7 Å². The molecule has 3 rings (SSSR count). The molecule has 1 atom stereocenters. The van der Waals surface area contributed by atoms with Crippen molar-refractivity contribution in [2.24, 2.45) is 0 Å². The maximum atomic E-state index is 13.5. The molecule has 0 bridgehead atoms. The van der Waals surface area contributed by atoms with Crippen LogP contribution in [0.4, 0.5) is 4.39 Å². The molecule has 184 valence electrons. The Balaban J connectivity index is 1.81. The fourth-order valence-electron chi connectivity index (χ4n) is 3.74. The van der Waals surface area contributed by atoms with E-state index in [0.29, 0.717) is 25.1 Å². The Morgan fingerprint density at radius 3 is 2.29 bits per heavy atom. The third kappa shape index (κ3) is 8.55. The first-order chi connectivity index (χ1) is 17.0. The van der Waals surface area contributed by atoms with E-state index in [2.05, 4.69) is 29.6 Å². The standard InChI is InChI=1S/C29H33FN2O2S/c1-3-18-31-29(34)27(20-23-7-5-4-6-8-23)32(21-24-11-13-25(30)14-12-24)28(33)17-19-35-26-15-9-22(2)10-16-26/h4-16,27H,3,17-21H2,1-2H3,(H,31,34). The highest BCUT2D eigenvalue weighted by Gasteiger charge is 2.30. The van der Waals surface area contributed by atoms with Crippen molar-refractivity contribution in [2.75, 3.05) is 12.3 Å². The summed E-state index contributed by atoms with van der Waals surface area (Å²) in [7, 11) is 0. The normalized spacial score (nSPS) is 11.6. The zero-order valence-electron chi connectivity index (χ0n) is 20.4. The number of halogens is 1. The zero-order chi connectivity index (χ0) is 25.0. The van der Waals surface area contributed by atoms with Crippen LogP contribution in [0.3, 0.4) is 0 Å². The van der Waals surface area contributed by atoms with Crippen LogP contribution < -0.4 is 5.32 Å². The summed E-state index contributed by atoms with van der Waals surface area (Å²) in [5.41, 5.74) is 2.96. The molecule has 6 heteroatoms. The van der Waals surface area contributed by atoms with Gasteiger partial charge in [-0.3, -0.25) is 9.59 Å². The molecule has 1 N–H and O–H groups in total. The summed E-state index contributed by atoms with van der Waals surface area (Å²) in [5, 5.41) is 2.97. The van der Waals surface area contributed by atoms with Gasteiger partial charge in [-0.25, -0.2) is 4.39 Å². The lowest BCUT2D eigenvalue weighted by Crippen LogP contribution is -2.50. The molecule has 0 aliphatic carbocycles. The molecule has 0 heterocycles. The third-order valence-electron chi connectivity index (χ3n) is 5.69. The Bertz CT molecular complexity index is 1070. The molecule has 35 heavy (non-hydrogen) atoms. The smallest absolute Gasteiger partial charge is 0.243 e. The van der Waals surface area contributed by atoms with Crippen molar-refractivity contribution in [1.82, 2.24) is 10.2 Å². The summed E-state index contributed by atoms with van der Waals surface area (Å²) in [6.45, 7) is 4.83. The number of carbonyl (C=O) groups excluding carboxylic acids is 2. The Morgan fingerprint density at radius 2 is 1.63 bits per heavy atom. The average molecular weight is 493 g/mol. The van der Waals surface area contributed by atoms with Crippen molar-refractivity contribution in [3.05, 3.63) is 101 Å². The Morgan fingerprint density at radius 1 is 0.943 bits per heavy atom. The number of rotatable bonds is 12. The fourth-order valence-corrected chi connectivity index (χ4v) is 4.58. The van der Waals surface area contributed by atoms with Gasteiger partial charge in [0.05, 0.1) is 0 Å². The van der Waals surface area contributed by atoms with Crippen LogP contribution in [-0.4, -0.2) is 35.1 Å². The molecule has 4 nitrogen and oxygen atoms in total. The predicted molar refractivity (Wildman–Crippen MR) is 141 cm³/mol. The molecule has 0 aliphatic heterocycles. The van der Waals surface area contributed by atoms with Gasteiger partial charge in [-0.1, -0.05) is 67.1 Å². The number of nitrogens with zero attached hydrogens (tertiary/aromatic N) is 1. The van der Waals surface area contributed by atoms with Crippen LogP contribution in [-0.2, 0) is 22.6 Å². The molecule has 3 aromatic rings. The van der Waals surface area contributed by atoms with Gasteiger partial charge in [-0.05, 0) is 48.7 Å². The summed E-state index contributed by atoms with van der Waals surface area (Å²) in [4.78, 5) is 29.5. The van der Waals surface area contributed by atoms with Gasteiger partial charge < -0.3 is 10.2 Å². The lowest BCUT2D eigenvalue weighted by Gasteiger charge is -2.31. The highest BCUT2D eigenvalue weighted by molar-refractivity contribution is 7.99. The van der Waals surface area contributed by atoms with Crippen LogP contribution in [0.5, 0.6) is 0 Å². The first-order valence-electron chi connectivity index (χ1n) is 12.0. The van der Waals surface area contributed by atoms with E-state index in [1.54, 1.807) is 28.8 Å². The van der Waals surface area contributed by atoms with E-state index in [9.17, 15) is 14.0 Å². The summed E-state index contributed by atoms with van der Waals surface area (Å²) >= 11 is 1.62. The first-order valence-corrected chi connectivity index (χ1v) is 13.0. The third-order valence-corrected chi connectivity index (χ3v) is 6.71. The molecule has 0 aliphatic rings. The largest absolute Gasteiger partial charge is 0.354 e. The molecule has 0 aromatic heterocycles. The van der Waals surface area contributed by atoms with Crippen molar-refractivity contribution in [2.45, 2.75) is 50.6 Å². The molecule has 0 spiro atoms. The predicted octanol–water partition coefficient (Wildman–Crippen LogP) is 5.78. The van der Waals surface area contributed by atoms with Crippen LogP contribution >= 0.6 is 11.8 Å². The van der Waals surface area contributed by atoms with E-state index >= 15 is 0 Å². The van der Waals surface area contributed by atoms with Crippen molar-refractivity contribution in [3.63, 3.8) is 0 Å². The highest BCUT2D eigenvalue weighted by Crippen LogP contribution is 2.21. The molecule has 0 fully saturated rings. The summed E-state index contributed by atoms with van der Waals surface area (Å²) in [6, 6.07) is 23.4. The second-order valence-electron chi connectivity index (χ2n) is 8.56. The second kappa shape index (κ2) is 13.7. The number of hydrogen-bond acceptors (Lipinski definition) is 3. The monoisotopic (exact) mass is 492 g/mol. The van der Waals surface area contributed by atoms with Gasteiger partial charge in [0.2, 0.25) is 11.8 Å². The van der Waals surface area contributed by atoms with E-state index in [1.807, 2.05) is 44.2 Å². The molecule has 3 aromatic carbocycles. The number of hydrogen-bond donors (Lipinski definition) is 1. The van der Waals surface area contributed by atoms with Gasteiger partial charge in [0, 0.05) is 36.6 Å². The lowest BCUT2D eigenvalue weighted by atomic mass is 10.0. The number of thioether (sulfide) groups is 1. The minimum absolute atomic E-state index is 0.0958. The first kappa shape index (κ1) is 26.5. The number of amides is 2. The molecule has 0 saturated carbocycles. The van der Waals surface area contributed by atoms with Crippen molar-refractivity contribution in [3.8, 4) is 0 Å². The van der Waals surface area contributed by atoms with Crippen molar-refractivity contribution >= 4 is 23.6 Å². The zero-order valence-corrected chi connectivity index (χ0v) is 21.2. The summed E-state index contributed by atoms with van der Waals surface area (Å²) < 4.78 is 13.5. The molecule has 0 radical (unpaired) electrons. The van der Waals surface area contributed by atoms with Crippen LogP contribution in [0.1, 0.15) is 36.5 Å². The maximum absolute atomic E-state index is 13.5. The van der Waals surface area contributed by atoms with E-state index < -0.39 is 6.04 Å². The van der Waals surface area contributed by atoms with E-state index in [0.717, 1.165) is 22.4 Å². The number of aryl methyl sites for hydroxylation is 1. The minimum atomic E-state index is -0.661. The molecule has 0 saturated heterocycles. The number of benzene rings is 3. The van der Waals surface area contributed by atoms with Gasteiger partial charge in [-0.2, -0.15) is 0 Å². The average Bonchev–Trinajstić information content (AvgIpc) is 2.87. The quantitative estimate of drug-likeness (QED) is 0.326. The van der Waals surface area contributed by atoms with E-state index in [1.165, 1.54) is 17.7 Å². The van der Waals surface area contributed by atoms with Gasteiger partial charge in [-0.15, -0.1) is 11.8 Å². The second-order valence-corrected chi connectivity index (χ2v) is 9.72. The molecule has 2 amide bonds. The van der Waals surface area contributed by atoms with Crippen LogP contribution in [0.2, 0.25) is 0 Å². The molecular formula is C29H33FN2O2S. The molecular weight excluding hydrogens is 459 g/mol. The fraction of sp³-hybridized carbons (Fsp3) is 0.310. The Labute approximate surface area is 211 Å². The SMILES string of the molecule is CCCNC(=O)C(Cc1ccccc1)N(Cc1ccc(F)cc1)C(=O)CCSc1ccc(C)cc1. The van der Waals surface area contributed by atoms with Gasteiger partial charge in [0.1, 0.15) is 11.9 Å². The number of carbonyl (C=O) groups is 2. The molecule has 1 unspecified atom stereocenters. The van der Waals surface area contributed by atoms with Gasteiger partial charge in [0.25, 0.3) is 0 Å². The number of nitrogens with one attached hydrogen (secondary N) is 1. The van der Waals surface area contributed by atoms with Gasteiger partial charge >= 0.3 is 0 Å². The summed E-state index contributed by atoms with van der Waals surface area (Å²) in [5.74, 6) is 0.0118. The maximum Gasteiger partial charge on any atom is 0.243 e. The lowest BCUT2D eigenvalue weighted by molar-refractivity contribution is -0.141. The van der Waals surface area contributed by atoms with Crippen molar-refractivity contribution in [1.29, 1.82) is 0 Å². The minimum Gasteiger partial charge on any atom is -0.354 e. The summed E-state index contributed by atoms with van der Waals surface area (Å²) in [6.07, 6.45) is 1.52. The van der Waals surface area contributed by atoms with Crippen LogP contribution in [0.15, 0.2) is 83.8 Å². The van der Waals surface area contributed by atoms with E-state index in [-0.39, 0.29) is 24.2 Å². The van der Waals surface area contributed by atoms with Gasteiger partial charge in [0.15, 0.2) is 0 Å². The topological polar surface area (TPSA) is 49.4 Å². The van der Waals surface area contributed by atoms with Crippen LogP contribution in [0.25, 0.3) is 0 Å². The highest BCUT2D eigenvalue weighted by atomic mass is 32.2. The Hall–Kier alpha value is -3.12. The Kier molecular flexibility index (Phi) is 10.4. The van der Waals surface area contributed by atoms with Crippen molar-refractivity contribution < 1.29 is 14.0 Å².